The Balaban J connectivity index is 1.60. The largest absolute Gasteiger partial charge is 0.493 e. The molecule has 4 rings (SSSR count). The lowest BCUT2D eigenvalue weighted by Gasteiger charge is -2.21. The number of likely N-dealkylation sites (tertiary alicyclic amines) is 1. The van der Waals surface area contributed by atoms with Crippen molar-refractivity contribution in [1.82, 2.24) is 9.47 Å². The van der Waals surface area contributed by atoms with Gasteiger partial charge in [-0.25, -0.2) is 0 Å². The first-order valence-corrected chi connectivity index (χ1v) is 12.4. The Morgan fingerprint density at radius 3 is 2.30 bits per heavy atom. The Kier molecular flexibility index (Phi) is 7.73. The van der Waals surface area contributed by atoms with Crippen LogP contribution in [0.2, 0.25) is 0 Å². The summed E-state index contributed by atoms with van der Waals surface area (Å²) >= 11 is 5.50. The van der Waals surface area contributed by atoms with E-state index >= 15 is 0 Å². The molecule has 0 spiro atoms. The number of aromatic nitrogens is 1. The van der Waals surface area contributed by atoms with Crippen LogP contribution in [-0.4, -0.2) is 32.8 Å². The van der Waals surface area contributed by atoms with Gasteiger partial charge in [-0.1, -0.05) is 63.1 Å². The minimum absolute atomic E-state index is 0.134. The first-order valence-electron chi connectivity index (χ1n) is 12.0. The molecule has 0 aliphatic carbocycles. The van der Waals surface area contributed by atoms with Gasteiger partial charge >= 0.3 is 0 Å². The van der Waals surface area contributed by atoms with E-state index in [-0.39, 0.29) is 11.0 Å². The third kappa shape index (κ3) is 5.25. The van der Waals surface area contributed by atoms with Crippen LogP contribution >= 0.6 is 12.2 Å². The topological polar surface area (TPSA) is 65.2 Å². The molecule has 1 aromatic heterocycles. The van der Waals surface area contributed by atoms with Gasteiger partial charge in [0.05, 0.1) is 12.2 Å². The summed E-state index contributed by atoms with van der Waals surface area (Å²) in [4.78, 5) is 2.40. The molecular weight excluding hydrogens is 430 g/mol. The molecule has 33 heavy (non-hydrogen) atoms. The molecule has 0 amide bonds. The van der Waals surface area contributed by atoms with Gasteiger partial charge in [0.1, 0.15) is 0 Å². The number of aryl methyl sites for hydroxylation is 2. The van der Waals surface area contributed by atoms with Gasteiger partial charge in [0.15, 0.2) is 5.69 Å². The first-order chi connectivity index (χ1) is 16.1. The molecule has 0 atom stereocenters. The van der Waals surface area contributed by atoms with E-state index in [9.17, 15) is 5.11 Å². The van der Waals surface area contributed by atoms with Crippen molar-refractivity contribution in [3.8, 4) is 5.88 Å². The van der Waals surface area contributed by atoms with Crippen LogP contribution in [-0.2, 0) is 19.5 Å². The number of para-hydroxylation sites is 2. The predicted molar refractivity (Wildman–Crippen MR) is 140 cm³/mol. The number of benzene rings is 2. The second-order valence-electron chi connectivity index (χ2n) is 8.58. The Morgan fingerprint density at radius 2 is 1.64 bits per heavy atom. The van der Waals surface area contributed by atoms with E-state index in [2.05, 4.69) is 52.5 Å². The van der Waals surface area contributed by atoms with E-state index < -0.39 is 0 Å². The lowest BCUT2D eigenvalue weighted by atomic mass is 10.0. The van der Waals surface area contributed by atoms with Crippen LogP contribution in [0.3, 0.4) is 0 Å². The van der Waals surface area contributed by atoms with Crippen molar-refractivity contribution in [2.45, 2.75) is 59.0 Å². The maximum absolute atomic E-state index is 11.1. The van der Waals surface area contributed by atoms with Crippen molar-refractivity contribution >= 4 is 39.6 Å². The van der Waals surface area contributed by atoms with E-state index in [1.54, 1.807) is 0 Å². The smallest absolute Gasteiger partial charge is 0.221 e. The number of thiocarbonyl (C=S) groups is 1. The van der Waals surface area contributed by atoms with Gasteiger partial charge in [-0.15, -0.1) is 10.2 Å². The molecule has 1 saturated heterocycles. The molecule has 0 radical (unpaired) electrons. The van der Waals surface area contributed by atoms with Crippen LogP contribution in [0.15, 0.2) is 52.7 Å². The first kappa shape index (κ1) is 23.4. The average Bonchev–Trinajstić information content (AvgIpc) is 2.98. The number of hydrogen-bond acceptors (Lipinski definition) is 4. The SMILES string of the molecule is CCc1cccc(CC)c1NC(=S)N=Nc1c(O)n(CN2CCCCCC2)c2ccccc12. The highest BCUT2D eigenvalue weighted by Gasteiger charge is 2.19. The van der Waals surface area contributed by atoms with E-state index in [4.69, 9.17) is 12.2 Å². The van der Waals surface area contributed by atoms with Gasteiger partial charge in [-0.2, -0.15) is 0 Å². The summed E-state index contributed by atoms with van der Waals surface area (Å²) in [6, 6.07) is 14.2. The zero-order valence-electron chi connectivity index (χ0n) is 19.5. The van der Waals surface area contributed by atoms with Crippen LogP contribution in [0.25, 0.3) is 10.9 Å². The predicted octanol–water partition coefficient (Wildman–Crippen LogP) is 6.79. The fraction of sp³-hybridized carbons (Fsp3) is 0.423. The van der Waals surface area contributed by atoms with Gasteiger partial charge < -0.3 is 10.4 Å². The normalized spacial score (nSPS) is 15.2. The third-order valence-corrected chi connectivity index (χ3v) is 6.61. The van der Waals surface area contributed by atoms with E-state index in [0.717, 1.165) is 42.5 Å². The van der Waals surface area contributed by atoms with Crippen LogP contribution in [0.4, 0.5) is 11.4 Å². The van der Waals surface area contributed by atoms with Crippen LogP contribution in [0.1, 0.15) is 50.7 Å². The number of anilines is 1. The van der Waals surface area contributed by atoms with Gasteiger partial charge in [0.25, 0.3) is 0 Å². The minimum Gasteiger partial charge on any atom is -0.493 e. The fourth-order valence-corrected chi connectivity index (χ4v) is 4.76. The highest BCUT2D eigenvalue weighted by atomic mass is 32.1. The molecule has 1 aliphatic heterocycles. The maximum atomic E-state index is 11.1. The zero-order valence-corrected chi connectivity index (χ0v) is 20.4. The summed E-state index contributed by atoms with van der Waals surface area (Å²) in [6.45, 7) is 7.00. The Labute approximate surface area is 201 Å². The number of fused-ring (bicyclic) bond motifs is 1. The molecule has 0 unspecified atom stereocenters. The van der Waals surface area contributed by atoms with Crippen molar-refractivity contribution in [1.29, 1.82) is 0 Å². The second-order valence-corrected chi connectivity index (χ2v) is 8.97. The number of nitrogens with one attached hydrogen (secondary N) is 1. The lowest BCUT2D eigenvalue weighted by molar-refractivity contribution is 0.219. The molecule has 1 fully saturated rings. The molecule has 2 heterocycles. The van der Waals surface area contributed by atoms with Crippen molar-refractivity contribution in [3.63, 3.8) is 0 Å². The molecule has 3 aromatic rings. The van der Waals surface area contributed by atoms with E-state index in [0.29, 0.717) is 12.4 Å². The molecule has 0 saturated carbocycles. The highest BCUT2D eigenvalue weighted by Crippen LogP contribution is 2.39. The summed E-state index contributed by atoms with van der Waals surface area (Å²) in [7, 11) is 0. The molecule has 6 nitrogen and oxygen atoms in total. The number of nitrogens with zero attached hydrogens (tertiary/aromatic N) is 4. The summed E-state index contributed by atoms with van der Waals surface area (Å²) in [5.41, 5.74) is 4.83. The quantitative estimate of drug-likeness (QED) is 0.312. The van der Waals surface area contributed by atoms with Crippen LogP contribution in [0.5, 0.6) is 5.88 Å². The highest BCUT2D eigenvalue weighted by molar-refractivity contribution is 7.80. The van der Waals surface area contributed by atoms with Crippen molar-refractivity contribution < 1.29 is 5.11 Å². The van der Waals surface area contributed by atoms with Crippen molar-refractivity contribution in [2.24, 2.45) is 10.2 Å². The summed E-state index contributed by atoms with van der Waals surface area (Å²) in [5.74, 6) is 0.134. The fourth-order valence-electron chi connectivity index (χ4n) is 4.62. The van der Waals surface area contributed by atoms with Crippen molar-refractivity contribution in [2.75, 3.05) is 18.4 Å². The molecule has 174 valence electrons. The number of hydrogen-bond donors (Lipinski definition) is 2. The zero-order chi connectivity index (χ0) is 23.2. The summed E-state index contributed by atoms with van der Waals surface area (Å²) < 4.78 is 1.94. The molecule has 1 aliphatic rings. The van der Waals surface area contributed by atoms with Gasteiger partial charge in [-0.3, -0.25) is 9.47 Å². The minimum atomic E-state index is 0.134. The van der Waals surface area contributed by atoms with Gasteiger partial charge in [0, 0.05) is 11.1 Å². The Bertz CT molecular complexity index is 1120. The third-order valence-electron chi connectivity index (χ3n) is 6.43. The average molecular weight is 464 g/mol. The Morgan fingerprint density at radius 1 is 0.970 bits per heavy atom. The maximum Gasteiger partial charge on any atom is 0.221 e. The lowest BCUT2D eigenvalue weighted by Crippen LogP contribution is -2.27. The molecular formula is C26H33N5OS. The molecule has 2 N–H and O–H groups in total. The van der Waals surface area contributed by atoms with Gasteiger partial charge in [-0.05, 0) is 68.2 Å². The number of azo groups is 1. The van der Waals surface area contributed by atoms with Crippen LogP contribution < -0.4 is 5.32 Å². The molecule has 0 bridgehead atoms. The molecule has 2 aromatic carbocycles. The second kappa shape index (κ2) is 10.9. The Hall–Kier alpha value is -2.77. The molecule has 7 heteroatoms. The van der Waals surface area contributed by atoms with Crippen molar-refractivity contribution in [3.05, 3.63) is 53.6 Å². The van der Waals surface area contributed by atoms with E-state index in [1.807, 2.05) is 28.8 Å². The van der Waals surface area contributed by atoms with Gasteiger partial charge in [0.2, 0.25) is 11.0 Å². The summed E-state index contributed by atoms with van der Waals surface area (Å²) in [5, 5.41) is 24.2. The number of rotatable bonds is 6. The van der Waals surface area contributed by atoms with E-state index in [1.165, 1.54) is 36.8 Å². The number of aromatic hydroxyl groups is 1. The standard InChI is InChI=1S/C26H33N5OS/c1-3-19-12-11-13-20(4-2)23(19)27-26(33)29-28-24-21-14-7-8-15-22(21)31(25(24)32)18-30-16-9-5-6-10-17-30/h7-8,11-15,32H,3-6,9-10,16-18H2,1-2H3,(H,27,33). The summed E-state index contributed by atoms with van der Waals surface area (Å²) in [6.07, 6.45) is 6.76. The van der Waals surface area contributed by atoms with Crippen LogP contribution in [0, 0.1) is 0 Å². The monoisotopic (exact) mass is 463 g/mol.